The summed E-state index contributed by atoms with van der Waals surface area (Å²) in [6, 6.07) is 9.81. The number of benzene rings is 1. The summed E-state index contributed by atoms with van der Waals surface area (Å²) in [6.45, 7) is 0. The molecule has 1 aromatic rings. The van der Waals surface area contributed by atoms with E-state index < -0.39 is 9.84 Å². The standard InChI is InChI=1S/C14H19NO3S2/c1-20(17,18)10-9-19-13(11-5-3-2-4-6-11)14(16)15-12-7-8-12/h2-6,12-13H,7-10H2,1H3,(H,15,16)/t13-/m1/s1. The molecule has 1 fully saturated rings. The van der Waals surface area contributed by atoms with E-state index in [2.05, 4.69) is 5.32 Å². The highest BCUT2D eigenvalue weighted by Gasteiger charge is 2.28. The Morgan fingerprint density at radius 3 is 2.55 bits per heavy atom. The van der Waals surface area contributed by atoms with Crippen molar-refractivity contribution < 1.29 is 13.2 Å². The number of thioether (sulfide) groups is 1. The molecule has 1 aliphatic rings. The molecule has 0 heterocycles. The third-order valence-electron chi connectivity index (χ3n) is 3.00. The average molecular weight is 313 g/mol. The molecule has 20 heavy (non-hydrogen) atoms. The number of sulfone groups is 1. The van der Waals surface area contributed by atoms with E-state index in [1.54, 1.807) is 0 Å². The number of nitrogens with one attached hydrogen (secondary N) is 1. The largest absolute Gasteiger partial charge is 0.352 e. The molecule has 110 valence electrons. The summed E-state index contributed by atoms with van der Waals surface area (Å²) in [5.41, 5.74) is 0.921. The molecular formula is C14H19NO3S2. The molecule has 0 aliphatic heterocycles. The average Bonchev–Trinajstić information content (AvgIpc) is 3.18. The van der Waals surface area contributed by atoms with E-state index >= 15 is 0 Å². The fourth-order valence-electron chi connectivity index (χ4n) is 1.77. The fraction of sp³-hybridized carbons (Fsp3) is 0.500. The van der Waals surface area contributed by atoms with Crippen LogP contribution < -0.4 is 5.32 Å². The van der Waals surface area contributed by atoms with E-state index in [0.717, 1.165) is 18.4 Å². The Morgan fingerprint density at radius 1 is 1.35 bits per heavy atom. The first-order valence-electron chi connectivity index (χ1n) is 6.60. The van der Waals surface area contributed by atoms with Gasteiger partial charge in [-0.1, -0.05) is 30.3 Å². The van der Waals surface area contributed by atoms with Gasteiger partial charge in [0.15, 0.2) is 0 Å². The van der Waals surface area contributed by atoms with Crippen molar-refractivity contribution in [2.75, 3.05) is 17.8 Å². The molecule has 0 saturated heterocycles. The van der Waals surface area contributed by atoms with Gasteiger partial charge < -0.3 is 5.32 Å². The molecule has 1 saturated carbocycles. The van der Waals surface area contributed by atoms with Gasteiger partial charge in [-0.25, -0.2) is 8.42 Å². The minimum atomic E-state index is -2.99. The maximum absolute atomic E-state index is 12.3. The van der Waals surface area contributed by atoms with Gasteiger partial charge >= 0.3 is 0 Å². The Balaban J connectivity index is 2.01. The molecule has 4 nitrogen and oxygen atoms in total. The Morgan fingerprint density at radius 2 is 2.00 bits per heavy atom. The van der Waals surface area contributed by atoms with Gasteiger partial charge in [-0.2, -0.15) is 0 Å². The summed E-state index contributed by atoms with van der Waals surface area (Å²) < 4.78 is 22.4. The van der Waals surface area contributed by atoms with E-state index in [4.69, 9.17) is 0 Å². The smallest absolute Gasteiger partial charge is 0.237 e. The van der Waals surface area contributed by atoms with Crippen LogP contribution in [0.1, 0.15) is 23.7 Å². The van der Waals surface area contributed by atoms with Crippen molar-refractivity contribution in [3.05, 3.63) is 35.9 Å². The maximum atomic E-state index is 12.3. The molecule has 0 aromatic heterocycles. The minimum absolute atomic E-state index is 0.0165. The lowest BCUT2D eigenvalue weighted by Gasteiger charge is -2.16. The number of rotatable bonds is 7. The fourth-order valence-corrected chi connectivity index (χ4v) is 4.17. The van der Waals surface area contributed by atoms with Gasteiger partial charge in [0.1, 0.15) is 15.1 Å². The van der Waals surface area contributed by atoms with Crippen LogP contribution in [-0.4, -0.2) is 38.1 Å². The topological polar surface area (TPSA) is 63.2 Å². The lowest BCUT2D eigenvalue weighted by atomic mass is 10.1. The van der Waals surface area contributed by atoms with Gasteiger partial charge in [-0.05, 0) is 18.4 Å². The number of carbonyl (C=O) groups excluding carboxylic acids is 1. The summed E-state index contributed by atoms with van der Waals surface area (Å²) in [5.74, 6) is 0.506. The second-order valence-electron chi connectivity index (χ2n) is 5.07. The summed E-state index contributed by atoms with van der Waals surface area (Å²) in [4.78, 5) is 12.3. The Labute approximate surface area is 124 Å². The zero-order valence-corrected chi connectivity index (χ0v) is 13.0. The van der Waals surface area contributed by atoms with Crippen LogP contribution in [0.2, 0.25) is 0 Å². The molecule has 2 rings (SSSR count). The van der Waals surface area contributed by atoms with Crippen molar-refractivity contribution in [2.24, 2.45) is 0 Å². The molecule has 6 heteroatoms. The van der Waals surface area contributed by atoms with Crippen molar-refractivity contribution in [3.8, 4) is 0 Å². The lowest BCUT2D eigenvalue weighted by molar-refractivity contribution is -0.120. The van der Waals surface area contributed by atoms with Crippen LogP contribution in [0, 0.1) is 0 Å². The summed E-state index contributed by atoms with van der Waals surface area (Å²) in [6.07, 6.45) is 3.30. The van der Waals surface area contributed by atoms with E-state index in [9.17, 15) is 13.2 Å². The third kappa shape index (κ3) is 5.17. The van der Waals surface area contributed by atoms with Gasteiger partial charge in [0.05, 0.1) is 5.75 Å². The van der Waals surface area contributed by atoms with Gasteiger partial charge in [0.25, 0.3) is 0 Å². The molecule has 0 radical (unpaired) electrons. The minimum Gasteiger partial charge on any atom is -0.352 e. The Kier molecular flexibility index (Phi) is 5.10. The molecular weight excluding hydrogens is 294 g/mol. The second kappa shape index (κ2) is 6.63. The van der Waals surface area contributed by atoms with Crippen molar-refractivity contribution in [1.29, 1.82) is 0 Å². The highest BCUT2D eigenvalue weighted by molar-refractivity contribution is 8.01. The van der Waals surface area contributed by atoms with Crippen molar-refractivity contribution in [1.82, 2.24) is 5.32 Å². The molecule has 1 N–H and O–H groups in total. The molecule has 0 bridgehead atoms. The monoisotopic (exact) mass is 313 g/mol. The quantitative estimate of drug-likeness (QED) is 0.833. The van der Waals surface area contributed by atoms with E-state index in [1.165, 1.54) is 18.0 Å². The van der Waals surface area contributed by atoms with Crippen LogP contribution in [0.25, 0.3) is 0 Å². The molecule has 1 aliphatic carbocycles. The predicted octanol–water partition coefficient (Wildman–Crippen LogP) is 1.78. The number of hydrogen-bond donors (Lipinski definition) is 1. The molecule has 1 atom stereocenters. The van der Waals surface area contributed by atoms with Gasteiger partial charge in [0, 0.05) is 18.1 Å². The molecule has 0 unspecified atom stereocenters. The maximum Gasteiger partial charge on any atom is 0.237 e. The van der Waals surface area contributed by atoms with Gasteiger partial charge in [-0.3, -0.25) is 4.79 Å². The highest BCUT2D eigenvalue weighted by Crippen LogP contribution is 2.30. The van der Waals surface area contributed by atoms with Gasteiger partial charge in [-0.15, -0.1) is 11.8 Å². The molecule has 1 aromatic carbocycles. The Hall–Kier alpha value is -1.01. The van der Waals surface area contributed by atoms with Crippen molar-refractivity contribution >= 4 is 27.5 Å². The second-order valence-corrected chi connectivity index (χ2v) is 8.55. The van der Waals surface area contributed by atoms with Crippen molar-refractivity contribution in [2.45, 2.75) is 24.1 Å². The third-order valence-corrected chi connectivity index (χ3v) is 5.47. The van der Waals surface area contributed by atoms with E-state index in [-0.39, 0.29) is 16.9 Å². The van der Waals surface area contributed by atoms with Gasteiger partial charge in [0.2, 0.25) is 5.91 Å². The Bertz CT molecular complexity index is 553. The van der Waals surface area contributed by atoms with Crippen LogP contribution in [0.3, 0.4) is 0 Å². The van der Waals surface area contributed by atoms with Crippen LogP contribution in [-0.2, 0) is 14.6 Å². The summed E-state index contributed by atoms with van der Waals surface area (Å²) in [5, 5.41) is 2.66. The van der Waals surface area contributed by atoms with E-state index in [0.29, 0.717) is 11.8 Å². The van der Waals surface area contributed by atoms with Crippen LogP contribution in [0.5, 0.6) is 0 Å². The SMILES string of the molecule is CS(=O)(=O)CCS[C@@H](C(=O)NC1CC1)c1ccccc1. The first-order chi connectivity index (χ1) is 9.46. The first kappa shape index (κ1) is 15.4. The molecule has 0 spiro atoms. The summed E-state index contributed by atoms with van der Waals surface area (Å²) in [7, 11) is -2.99. The zero-order valence-electron chi connectivity index (χ0n) is 11.4. The predicted molar refractivity (Wildman–Crippen MR) is 82.5 cm³/mol. The number of carbonyl (C=O) groups is 1. The molecule has 1 amide bonds. The van der Waals surface area contributed by atoms with E-state index in [1.807, 2.05) is 30.3 Å². The number of hydrogen-bond acceptors (Lipinski definition) is 4. The van der Waals surface area contributed by atoms with Crippen LogP contribution in [0.4, 0.5) is 0 Å². The first-order valence-corrected chi connectivity index (χ1v) is 9.71. The highest BCUT2D eigenvalue weighted by atomic mass is 32.2. The van der Waals surface area contributed by atoms with Crippen LogP contribution in [0.15, 0.2) is 30.3 Å². The number of amides is 1. The van der Waals surface area contributed by atoms with Crippen LogP contribution >= 0.6 is 11.8 Å². The summed E-state index contributed by atoms with van der Waals surface area (Å²) >= 11 is 1.39. The van der Waals surface area contributed by atoms with Crippen molar-refractivity contribution in [3.63, 3.8) is 0 Å². The normalized spacial score (nSPS) is 16.6. The lowest BCUT2D eigenvalue weighted by Crippen LogP contribution is -2.30. The zero-order chi connectivity index (χ0) is 14.6.